The minimum absolute atomic E-state index is 0.0778. The summed E-state index contributed by atoms with van der Waals surface area (Å²) in [6.07, 6.45) is 3.22. The molecule has 2 rings (SSSR count). The Morgan fingerprint density at radius 2 is 1.58 bits per heavy atom. The summed E-state index contributed by atoms with van der Waals surface area (Å²) in [4.78, 5) is 12.4. The Hall–Kier alpha value is -2.75. The van der Waals surface area contributed by atoms with E-state index in [-0.39, 0.29) is 11.9 Å². The van der Waals surface area contributed by atoms with Gasteiger partial charge in [0, 0.05) is 6.08 Å². The molecule has 0 fully saturated rings. The molecule has 0 aromatic heterocycles. The van der Waals surface area contributed by atoms with Gasteiger partial charge in [-0.1, -0.05) is 18.2 Å². The number of nitrogens with one attached hydrogen (secondary N) is 1. The van der Waals surface area contributed by atoms with Crippen LogP contribution in [0.15, 0.2) is 36.4 Å². The predicted octanol–water partition coefficient (Wildman–Crippen LogP) is 4.52. The van der Waals surface area contributed by atoms with E-state index in [4.69, 9.17) is 9.47 Å². The fourth-order valence-electron chi connectivity index (χ4n) is 2.99. The first-order chi connectivity index (χ1) is 12.4. The molecule has 0 aliphatic carbocycles. The number of amides is 1. The van der Waals surface area contributed by atoms with Gasteiger partial charge < -0.3 is 14.8 Å². The van der Waals surface area contributed by atoms with Crippen LogP contribution in [0.2, 0.25) is 0 Å². The molecule has 2 aromatic rings. The van der Waals surface area contributed by atoms with Crippen LogP contribution in [0.3, 0.4) is 0 Å². The molecular weight excluding hydrogens is 326 g/mol. The van der Waals surface area contributed by atoms with Crippen molar-refractivity contribution in [3.8, 4) is 11.5 Å². The van der Waals surface area contributed by atoms with Gasteiger partial charge >= 0.3 is 0 Å². The van der Waals surface area contributed by atoms with Crippen molar-refractivity contribution in [2.75, 3.05) is 14.2 Å². The highest BCUT2D eigenvalue weighted by Gasteiger charge is 2.12. The van der Waals surface area contributed by atoms with Crippen LogP contribution in [0.1, 0.15) is 40.8 Å². The van der Waals surface area contributed by atoms with Crippen molar-refractivity contribution in [3.05, 3.63) is 64.2 Å². The van der Waals surface area contributed by atoms with Crippen LogP contribution < -0.4 is 14.8 Å². The second-order valence-corrected chi connectivity index (χ2v) is 6.43. The zero-order valence-corrected chi connectivity index (χ0v) is 16.3. The predicted molar refractivity (Wildman–Crippen MR) is 106 cm³/mol. The van der Waals surface area contributed by atoms with Crippen LogP contribution in [0.4, 0.5) is 0 Å². The molecule has 1 N–H and O–H groups in total. The normalized spacial score (nSPS) is 12.1. The van der Waals surface area contributed by atoms with E-state index in [9.17, 15) is 4.79 Å². The molecule has 1 amide bonds. The lowest BCUT2D eigenvalue weighted by Crippen LogP contribution is -2.25. The maximum Gasteiger partial charge on any atom is 0.244 e. The summed E-state index contributed by atoms with van der Waals surface area (Å²) in [6, 6.07) is 9.74. The monoisotopic (exact) mass is 353 g/mol. The molecule has 0 heterocycles. The number of benzene rings is 2. The van der Waals surface area contributed by atoms with Crippen molar-refractivity contribution >= 4 is 12.0 Å². The molecule has 0 unspecified atom stereocenters. The van der Waals surface area contributed by atoms with Gasteiger partial charge in [-0.05, 0) is 68.2 Å². The maximum atomic E-state index is 12.4. The lowest BCUT2D eigenvalue weighted by molar-refractivity contribution is -0.117. The third kappa shape index (κ3) is 4.45. The van der Waals surface area contributed by atoms with E-state index in [1.54, 1.807) is 20.3 Å². The van der Waals surface area contributed by atoms with Crippen LogP contribution in [-0.4, -0.2) is 20.1 Å². The van der Waals surface area contributed by atoms with Crippen LogP contribution in [0.5, 0.6) is 11.5 Å². The number of hydrogen-bond donors (Lipinski definition) is 1. The van der Waals surface area contributed by atoms with Crippen molar-refractivity contribution in [1.29, 1.82) is 0 Å². The second kappa shape index (κ2) is 8.56. The first-order valence-corrected chi connectivity index (χ1v) is 8.64. The molecule has 26 heavy (non-hydrogen) atoms. The molecular formula is C22H27NO3. The van der Waals surface area contributed by atoms with E-state index in [0.717, 1.165) is 11.1 Å². The molecule has 0 spiro atoms. The van der Waals surface area contributed by atoms with Crippen LogP contribution in [0, 0.1) is 20.8 Å². The molecule has 0 radical (unpaired) electrons. The molecule has 4 heteroatoms. The van der Waals surface area contributed by atoms with Gasteiger partial charge in [0.1, 0.15) is 11.5 Å². The van der Waals surface area contributed by atoms with E-state index >= 15 is 0 Å². The Bertz CT molecular complexity index is 802. The Balaban J connectivity index is 2.17. The van der Waals surface area contributed by atoms with Gasteiger partial charge in [-0.2, -0.15) is 0 Å². The van der Waals surface area contributed by atoms with Gasteiger partial charge in [-0.15, -0.1) is 0 Å². The van der Waals surface area contributed by atoms with Gasteiger partial charge in [0.15, 0.2) is 0 Å². The van der Waals surface area contributed by atoms with E-state index in [0.29, 0.717) is 11.5 Å². The van der Waals surface area contributed by atoms with Crippen LogP contribution in [0.25, 0.3) is 6.08 Å². The van der Waals surface area contributed by atoms with Gasteiger partial charge in [-0.25, -0.2) is 0 Å². The molecule has 0 bridgehead atoms. The fourth-order valence-corrected chi connectivity index (χ4v) is 2.99. The van der Waals surface area contributed by atoms with E-state index in [1.165, 1.54) is 22.8 Å². The summed E-state index contributed by atoms with van der Waals surface area (Å²) in [5.74, 6) is 1.15. The Morgan fingerprint density at radius 1 is 1.00 bits per heavy atom. The van der Waals surface area contributed by atoms with Crippen LogP contribution >= 0.6 is 0 Å². The topological polar surface area (TPSA) is 47.6 Å². The van der Waals surface area contributed by atoms with Crippen molar-refractivity contribution in [1.82, 2.24) is 5.32 Å². The minimum atomic E-state index is -0.164. The first-order valence-electron chi connectivity index (χ1n) is 8.64. The molecule has 0 saturated carbocycles. The van der Waals surface area contributed by atoms with E-state index in [1.807, 2.05) is 25.1 Å². The zero-order chi connectivity index (χ0) is 19.3. The highest BCUT2D eigenvalue weighted by atomic mass is 16.5. The fraction of sp³-hybridized carbons (Fsp3) is 0.318. The van der Waals surface area contributed by atoms with Crippen molar-refractivity contribution in [2.45, 2.75) is 33.7 Å². The highest BCUT2D eigenvalue weighted by Crippen LogP contribution is 2.29. The summed E-state index contributed by atoms with van der Waals surface area (Å²) in [7, 11) is 3.19. The molecule has 2 aromatic carbocycles. The molecule has 0 saturated heterocycles. The number of hydrogen-bond acceptors (Lipinski definition) is 3. The quantitative estimate of drug-likeness (QED) is 0.777. The molecule has 138 valence electrons. The number of carbonyl (C=O) groups excluding carboxylic acids is 1. The van der Waals surface area contributed by atoms with Crippen molar-refractivity contribution < 1.29 is 14.3 Å². The standard InChI is InChI=1S/C22H27NO3/c1-14-12-16(3)19(13-15(14)2)17(4)23-22(24)11-10-18-20(25-5)8-7-9-21(18)26-6/h7-13,17H,1-6H3,(H,23,24)/b11-10+/t17-/m1/s1. The second-order valence-electron chi connectivity index (χ2n) is 6.43. The molecule has 1 atom stereocenters. The number of ether oxygens (including phenoxy) is 2. The lowest BCUT2D eigenvalue weighted by atomic mass is 9.96. The van der Waals surface area contributed by atoms with Crippen molar-refractivity contribution in [2.24, 2.45) is 0 Å². The number of aryl methyl sites for hydroxylation is 3. The first kappa shape index (κ1) is 19.6. The lowest BCUT2D eigenvalue weighted by Gasteiger charge is -2.17. The van der Waals surface area contributed by atoms with Crippen LogP contribution in [-0.2, 0) is 4.79 Å². The average molecular weight is 353 g/mol. The van der Waals surface area contributed by atoms with Gasteiger partial charge in [0.25, 0.3) is 0 Å². The SMILES string of the molecule is COc1cccc(OC)c1/C=C/C(=O)N[C@H](C)c1cc(C)c(C)cc1C. The third-order valence-electron chi connectivity index (χ3n) is 4.57. The average Bonchev–Trinajstić information content (AvgIpc) is 2.62. The number of rotatable bonds is 6. The zero-order valence-electron chi connectivity index (χ0n) is 16.3. The van der Waals surface area contributed by atoms with Gasteiger partial charge in [0.05, 0.1) is 25.8 Å². The van der Waals surface area contributed by atoms with Gasteiger partial charge in [0.2, 0.25) is 5.91 Å². The molecule has 4 nitrogen and oxygen atoms in total. The number of carbonyl (C=O) groups is 1. The smallest absolute Gasteiger partial charge is 0.244 e. The summed E-state index contributed by atoms with van der Waals surface area (Å²) < 4.78 is 10.7. The molecule has 0 aliphatic heterocycles. The Kier molecular flexibility index (Phi) is 6.45. The largest absolute Gasteiger partial charge is 0.496 e. The Labute approximate surface area is 155 Å². The molecule has 0 aliphatic rings. The third-order valence-corrected chi connectivity index (χ3v) is 4.57. The number of methoxy groups -OCH3 is 2. The summed E-state index contributed by atoms with van der Waals surface area (Å²) in [6.45, 7) is 8.24. The minimum Gasteiger partial charge on any atom is -0.496 e. The maximum absolute atomic E-state index is 12.4. The summed E-state index contributed by atoms with van der Waals surface area (Å²) in [5.41, 5.74) is 5.53. The van der Waals surface area contributed by atoms with Crippen molar-refractivity contribution in [3.63, 3.8) is 0 Å². The summed E-state index contributed by atoms with van der Waals surface area (Å²) >= 11 is 0. The summed E-state index contributed by atoms with van der Waals surface area (Å²) in [5, 5.41) is 3.02. The Morgan fingerprint density at radius 3 is 2.15 bits per heavy atom. The van der Waals surface area contributed by atoms with E-state index in [2.05, 4.69) is 38.2 Å². The van der Waals surface area contributed by atoms with Gasteiger partial charge in [-0.3, -0.25) is 4.79 Å². The highest BCUT2D eigenvalue weighted by molar-refractivity contribution is 5.92. The van der Waals surface area contributed by atoms with E-state index < -0.39 is 0 Å².